The van der Waals surface area contributed by atoms with Gasteiger partial charge in [0.2, 0.25) is 0 Å². The Kier molecular flexibility index (Phi) is 3.50. The van der Waals surface area contributed by atoms with Crippen molar-refractivity contribution >= 4 is 29.2 Å². The number of urea groups is 1. The van der Waals surface area contributed by atoms with Crippen molar-refractivity contribution in [1.29, 1.82) is 0 Å². The molecule has 17 heavy (non-hydrogen) atoms. The normalized spacial score (nSPS) is 16.4. The first kappa shape index (κ1) is 12.5. The van der Waals surface area contributed by atoms with Crippen molar-refractivity contribution in [3.8, 4) is 0 Å². The number of hydrogen-bond acceptors (Lipinski definition) is 1. The van der Waals surface area contributed by atoms with Crippen molar-refractivity contribution < 1.29 is 4.79 Å². The zero-order chi connectivity index (χ0) is 12.5. The standard InChI is InChI=1S/C12H14Cl2N2O/c1-2-15-11(17)16-12(5-6-12)9-4-3-8(13)7-10(9)14/h3-4,7H,2,5-6H2,1H3,(H2,15,16,17). The van der Waals surface area contributed by atoms with Gasteiger partial charge in [0.1, 0.15) is 0 Å². The van der Waals surface area contributed by atoms with Gasteiger partial charge in [-0.3, -0.25) is 0 Å². The van der Waals surface area contributed by atoms with Gasteiger partial charge in [0, 0.05) is 16.6 Å². The lowest BCUT2D eigenvalue weighted by Crippen LogP contribution is -2.42. The fraction of sp³-hybridized carbons (Fsp3) is 0.417. The highest BCUT2D eigenvalue weighted by atomic mass is 35.5. The molecule has 0 unspecified atom stereocenters. The third kappa shape index (κ3) is 2.67. The first-order chi connectivity index (χ1) is 8.07. The first-order valence-electron chi connectivity index (χ1n) is 5.59. The molecule has 0 aromatic heterocycles. The predicted octanol–water partition coefficient (Wildman–Crippen LogP) is 3.30. The summed E-state index contributed by atoms with van der Waals surface area (Å²) in [5, 5.41) is 6.90. The van der Waals surface area contributed by atoms with Gasteiger partial charge in [-0.1, -0.05) is 29.3 Å². The van der Waals surface area contributed by atoms with Crippen molar-refractivity contribution in [3.63, 3.8) is 0 Å². The van der Waals surface area contributed by atoms with Gasteiger partial charge < -0.3 is 10.6 Å². The first-order valence-corrected chi connectivity index (χ1v) is 6.34. The van der Waals surface area contributed by atoms with Crippen molar-refractivity contribution in [3.05, 3.63) is 33.8 Å². The van der Waals surface area contributed by atoms with E-state index in [0.29, 0.717) is 16.6 Å². The Morgan fingerprint density at radius 1 is 1.41 bits per heavy atom. The maximum Gasteiger partial charge on any atom is 0.315 e. The van der Waals surface area contributed by atoms with E-state index in [9.17, 15) is 4.79 Å². The summed E-state index contributed by atoms with van der Waals surface area (Å²) >= 11 is 12.0. The minimum atomic E-state index is -0.305. The molecule has 0 spiro atoms. The third-order valence-corrected chi connectivity index (χ3v) is 3.43. The van der Waals surface area contributed by atoms with Crippen LogP contribution in [0, 0.1) is 0 Å². The molecule has 1 aliphatic carbocycles. The van der Waals surface area contributed by atoms with Crippen LogP contribution in [0.15, 0.2) is 18.2 Å². The molecule has 5 heteroatoms. The van der Waals surface area contributed by atoms with Crippen molar-refractivity contribution in [1.82, 2.24) is 10.6 Å². The number of nitrogens with one attached hydrogen (secondary N) is 2. The Morgan fingerprint density at radius 3 is 2.65 bits per heavy atom. The molecule has 1 aromatic carbocycles. The van der Waals surface area contributed by atoms with E-state index in [1.807, 2.05) is 13.0 Å². The minimum Gasteiger partial charge on any atom is -0.338 e. The number of carbonyl (C=O) groups excluding carboxylic acids is 1. The lowest BCUT2D eigenvalue weighted by molar-refractivity contribution is 0.236. The Labute approximate surface area is 110 Å². The summed E-state index contributed by atoms with van der Waals surface area (Å²) in [6, 6.07) is 5.22. The molecule has 1 aliphatic rings. The zero-order valence-corrected chi connectivity index (χ0v) is 11.0. The van der Waals surface area contributed by atoms with Crippen molar-refractivity contribution in [2.45, 2.75) is 25.3 Å². The smallest absolute Gasteiger partial charge is 0.315 e. The van der Waals surface area contributed by atoms with E-state index in [1.165, 1.54) is 0 Å². The van der Waals surface area contributed by atoms with Crippen LogP contribution in [0.3, 0.4) is 0 Å². The van der Waals surface area contributed by atoms with E-state index in [4.69, 9.17) is 23.2 Å². The van der Waals surface area contributed by atoms with E-state index in [2.05, 4.69) is 10.6 Å². The van der Waals surface area contributed by atoms with Gasteiger partial charge in [-0.05, 0) is 37.5 Å². The van der Waals surface area contributed by atoms with Crippen LogP contribution >= 0.6 is 23.2 Å². The van der Waals surface area contributed by atoms with Gasteiger partial charge in [-0.15, -0.1) is 0 Å². The number of carbonyl (C=O) groups is 1. The number of halogens is 2. The van der Waals surface area contributed by atoms with Crippen molar-refractivity contribution in [2.24, 2.45) is 0 Å². The van der Waals surface area contributed by atoms with Crippen LogP contribution in [-0.4, -0.2) is 12.6 Å². The van der Waals surface area contributed by atoms with E-state index in [0.717, 1.165) is 18.4 Å². The average molecular weight is 273 g/mol. The quantitative estimate of drug-likeness (QED) is 0.871. The Hall–Kier alpha value is -0.930. The van der Waals surface area contributed by atoms with Gasteiger partial charge in [-0.25, -0.2) is 4.79 Å². The molecular weight excluding hydrogens is 259 g/mol. The Bertz CT molecular complexity index is 444. The number of benzene rings is 1. The van der Waals surface area contributed by atoms with E-state index in [-0.39, 0.29) is 11.6 Å². The topological polar surface area (TPSA) is 41.1 Å². The fourth-order valence-electron chi connectivity index (χ4n) is 1.89. The average Bonchev–Trinajstić information content (AvgIpc) is 2.98. The molecule has 2 amide bonds. The summed E-state index contributed by atoms with van der Waals surface area (Å²) in [5.74, 6) is 0. The van der Waals surface area contributed by atoms with E-state index in [1.54, 1.807) is 12.1 Å². The maximum atomic E-state index is 11.6. The van der Waals surface area contributed by atoms with Gasteiger partial charge in [0.05, 0.1) is 5.54 Å². The highest BCUT2D eigenvalue weighted by Gasteiger charge is 2.46. The fourth-order valence-corrected chi connectivity index (χ4v) is 2.48. The van der Waals surface area contributed by atoms with Crippen LogP contribution in [0.25, 0.3) is 0 Å². The molecule has 0 radical (unpaired) electrons. The second-order valence-corrected chi connectivity index (χ2v) is 5.03. The van der Waals surface area contributed by atoms with Gasteiger partial charge >= 0.3 is 6.03 Å². The summed E-state index contributed by atoms with van der Waals surface area (Å²) in [5.41, 5.74) is 0.635. The van der Waals surface area contributed by atoms with Crippen LogP contribution in [0.4, 0.5) is 4.79 Å². The second kappa shape index (κ2) is 4.75. The highest BCUT2D eigenvalue weighted by Crippen LogP contribution is 2.48. The molecular formula is C12H14Cl2N2O. The molecule has 0 bridgehead atoms. The monoisotopic (exact) mass is 272 g/mol. The molecule has 0 heterocycles. The largest absolute Gasteiger partial charge is 0.338 e. The van der Waals surface area contributed by atoms with Crippen LogP contribution in [0.2, 0.25) is 10.0 Å². The predicted molar refractivity (Wildman–Crippen MR) is 69.6 cm³/mol. The number of amides is 2. The molecule has 0 atom stereocenters. The SMILES string of the molecule is CCNC(=O)NC1(c2ccc(Cl)cc2Cl)CC1. The Morgan fingerprint density at radius 2 is 2.12 bits per heavy atom. The summed E-state index contributed by atoms with van der Waals surface area (Å²) < 4.78 is 0. The Balaban J connectivity index is 2.18. The van der Waals surface area contributed by atoms with Gasteiger partial charge in [-0.2, -0.15) is 0 Å². The molecule has 1 fully saturated rings. The highest BCUT2D eigenvalue weighted by molar-refractivity contribution is 6.35. The molecule has 1 aromatic rings. The lowest BCUT2D eigenvalue weighted by Gasteiger charge is -2.19. The van der Waals surface area contributed by atoms with Crippen LogP contribution in [0.1, 0.15) is 25.3 Å². The van der Waals surface area contributed by atoms with Crippen molar-refractivity contribution in [2.75, 3.05) is 6.54 Å². The van der Waals surface area contributed by atoms with Gasteiger partial charge in [0.25, 0.3) is 0 Å². The molecule has 2 N–H and O–H groups in total. The molecule has 92 valence electrons. The number of hydrogen-bond donors (Lipinski definition) is 2. The maximum absolute atomic E-state index is 11.6. The lowest BCUT2D eigenvalue weighted by atomic mass is 10.1. The molecule has 1 saturated carbocycles. The van der Waals surface area contributed by atoms with Gasteiger partial charge in [0.15, 0.2) is 0 Å². The number of rotatable bonds is 3. The second-order valence-electron chi connectivity index (χ2n) is 4.19. The summed E-state index contributed by atoms with van der Waals surface area (Å²) in [4.78, 5) is 11.6. The summed E-state index contributed by atoms with van der Waals surface area (Å²) in [6.45, 7) is 2.49. The van der Waals surface area contributed by atoms with E-state index >= 15 is 0 Å². The van der Waals surface area contributed by atoms with Crippen LogP contribution in [0.5, 0.6) is 0 Å². The van der Waals surface area contributed by atoms with E-state index < -0.39 is 0 Å². The minimum absolute atomic E-state index is 0.156. The molecule has 0 aliphatic heterocycles. The zero-order valence-electron chi connectivity index (χ0n) is 9.52. The summed E-state index contributed by atoms with van der Waals surface area (Å²) in [6.07, 6.45) is 1.82. The van der Waals surface area contributed by atoms with Crippen LogP contribution < -0.4 is 10.6 Å². The van der Waals surface area contributed by atoms with Crippen LogP contribution in [-0.2, 0) is 5.54 Å². The third-order valence-electron chi connectivity index (χ3n) is 2.89. The summed E-state index contributed by atoms with van der Waals surface area (Å²) in [7, 11) is 0. The molecule has 3 nitrogen and oxygen atoms in total. The molecule has 2 rings (SSSR count). The molecule has 0 saturated heterocycles.